The molecule has 0 aromatic rings. The molecule has 17 heavy (non-hydrogen) atoms. The third-order valence-electron chi connectivity index (χ3n) is 4.33. The van der Waals surface area contributed by atoms with Crippen molar-refractivity contribution < 1.29 is 9.90 Å². The van der Waals surface area contributed by atoms with Crippen molar-refractivity contribution in [3.05, 3.63) is 0 Å². The highest BCUT2D eigenvalue weighted by atomic mass is 16.3. The molecule has 2 saturated carbocycles. The third-order valence-corrected chi connectivity index (χ3v) is 4.33. The largest absolute Gasteiger partial charge is 0.391 e. The Morgan fingerprint density at radius 1 is 1.06 bits per heavy atom. The predicted molar refractivity (Wildman–Crippen MR) is 67.6 cm³/mol. The summed E-state index contributed by atoms with van der Waals surface area (Å²) < 4.78 is 0. The highest BCUT2D eigenvalue weighted by Gasteiger charge is 2.24. The van der Waals surface area contributed by atoms with Crippen molar-refractivity contribution in [2.45, 2.75) is 76.4 Å². The van der Waals surface area contributed by atoms with Crippen LogP contribution < -0.4 is 5.32 Å². The first kappa shape index (κ1) is 12.9. The highest BCUT2D eigenvalue weighted by molar-refractivity contribution is 5.76. The minimum atomic E-state index is -0.320. The van der Waals surface area contributed by atoms with E-state index in [1.807, 2.05) is 0 Å². The number of nitrogens with one attached hydrogen (secondary N) is 1. The van der Waals surface area contributed by atoms with Crippen molar-refractivity contribution in [2.24, 2.45) is 5.92 Å². The van der Waals surface area contributed by atoms with Crippen LogP contribution in [-0.4, -0.2) is 23.2 Å². The summed E-state index contributed by atoms with van der Waals surface area (Å²) in [6.45, 7) is 0. The Morgan fingerprint density at radius 2 is 1.71 bits per heavy atom. The normalized spacial score (nSPS) is 30.4. The lowest BCUT2D eigenvalue weighted by atomic mass is 9.92. The zero-order valence-corrected chi connectivity index (χ0v) is 10.7. The Hall–Kier alpha value is -0.570. The van der Waals surface area contributed by atoms with Gasteiger partial charge in [-0.15, -0.1) is 0 Å². The van der Waals surface area contributed by atoms with Crippen LogP contribution in [0.1, 0.15) is 64.2 Å². The van der Waals surface area contributed by atoms with Gasteiger partial charge in [-0.25, -0.2) is 0 Å². The van der Waals surface area contributed by atoms with Gasteiger partial charge in [-0.2, -0.15) is 0 Å². The van der Waals surface area contributed by atoms with Gasteiger partial charge in [-0.1, -0.05) is 38.5 Å². The van der Waals surface area contributed by atoms with E-state index in [4.69, 9.17) is 0 Å². The molecule has 2 aliphatic rings. The standard InChI is InChI=1S/C14H25NO2/c16-13-8-4-3-7-12(13)15-14(17)10-9-11-5-1-2-6-11/h11-13,16H,1-10H2,(H,15,17)/t12-,13-/m1/s1. The van der Waals surface area contributed by atoms with E-state index in [-0.39, 0.29) is 18.1 Å². The molecule has 1 amide bonds. The molecule has 98 valence electrons. The second kappa shape index (κ2) is 6.39. The molecule has 0 saturated heterocycles. The number of hydrogen-bond acceptors (Lipinski definition) is 2. The van der Waals surface area contributed by atoms with Crippen LogP contribution in [0.15, 0.2) is 0 Å². The van der Waals surface area contributed by atoms with Crippen LogP contribution in [-0.2, 0) is 4.79 Å². The van der Waals surface area contributed by atoms with Gasteiger partial charge >= 0.3 is 0 Å². The summed E-state index contributed by atoms with van der Waals surface area (Å²) in [5.74, 6) is 0.917. The second-order valence-corrected chi connectivity index (χ2v) is 5.71. The quantitative estimate of drug-likeness (QED) is 0.791. The van der Waals surface area contributed by atoms with Crippen LogP contribution in [0, 0.1) is 5.92 Å². The van der Waals surface area contributed by atoms with Crippen molar-refractivity contribution >= 4 is 5.91 Å². The van der Waals surface area contributed by atoms with E-state index in [1.165, 1.54) is 25.7 Å². The first-order valence-electron chi connectivity index (χ1n) is 7.23. The van der Waals surface area contributed by atoms with Gasteiger partial charge in [0.25, 0.3) is 0 Å². The molecule has 0 aliphatic heterocycles. The molecule has 0 aromatic heterocycles. The average Bonchev–Trinajstić information content (AvgIpc) is 2.82. The Kier molecular flexibility index (Phi) is 4.84. The molecular weight excluding hydrogens is 214 g/mol. The molecule has 0 unspecified atom stereocenters. The van der Waals surface area contributed by atoms with Gasteiger partial charge in [-0.3, -0.25) is 4.79 Å². The monoisotopic (exact) mass is 239 g/mol. The van der Waals surface area contributed by atoms with E-state index in [0.717, 1.165) is 38.0 Å². The Balaban J connectivity index is 1.65. The maximum Gasteiger partial charge on any atom is 0.220 e. The van der Waals surface area contributed by atoms with Crippen LogP contribution in [0.3, 0.4) is 0 Å². The molecule has 3 heteroatoms. The summed E-state index contributed by atoms with van der Waals surface area (Å²) in [6.07, 6.45) is 10.7. The SMILES string of the molecule is O=C(CCC1CCCC1)N[C@@H]1CCCC[C@H]1O. The first-order chi connectivity index (χ1) is 8.25. The second-order valence-electron chi connectivity index (χ2n) is 5.71. The summed E-state index contributed by atoms with van der Waals surface area (Å²) in [5, 5.41) is 12.8. The average molecular weight is 239 g/mol. The van der Waals surface area contributed by atoms with E-state index in [9.17, 15) is 9.90 Å². The van der Waals surface area contributed by atoms with Gasteiger partial charge in [0.1, 0.15) is 0 Å². The highest BCUT2D eigenvalue weighted by Crippen LogP contribution is 2.28. The van der Waals surface area contributed by atoms with Crippen LogP contribution in [0.25, 0.3) is 0 Å². The van der Waals surface area contributed by atoms with E-state index >= 15 is 0 Å². The number of aliphatic hydroxyl groups is 1. The Morgan fingerprint density at radius 3 is 2.41 bits per heavy atom. The minimum absolute atomic E-state index is 0.0137. The molecular formula is C14H25NO2. The Bertz CT molecular complexity index is 249. The van der Waals surface area contributed by atoms with E-state index in [2.05, 4.69) is 5.32 Å². The number of amides is 1. The molecule has 2 rings (SSSR count). The predicted octanol–water partition coefficient (Wildman–Crippen LogP) is 2.38. The molecule has 0 heterocycles. The fourth-order valence-corrected chi connectivity index (χ4v) is 3.19. The van der Waals surface area contributed by atoms with Crippen molar-refractivity contribution in [3.8, 4) is 0 Å². The first-order valence-corrected chi connectivity index (χ1v) is 7.23. The molecule has 3 nitrogen and oxygen atoms in total. The molecule has 0 spiro atoms. The fourth-order valence-electron chi connectivity index (χ4n) is 3.19. The van der Waals surface area contributed by atoms with E-state index in [0.29, 0.717) is 6.42 Å². The zero-order chi connectivity index (χ0) is 12.1. The number of carbonyl (C=O) groups is 1. The Labute approximate surface area is 104 Å². The van der Waals surface area contributed by atoms with Gasteiger partial charge in [-0.05, 0) is 25.2 Å². The molecule has 0 bridgehead atoms. The number of hydrogen-bond donors (Lipinski definition) is 2. The van der Waals surface area contributed by atoms with Gasteiger partial charge in [0.2, 0.25) is 5.91 Å². The van der Waals surface area contributed by atoms with Crippen molar-refractivity contribution in [1.29, 1.82) is 0 Å². The van der Waals surface area contributed by atoms with Gasteiger partial charge < -0.3 is 10.4 Å². The van der Waals surface area contributed by atoms with Crippen LogP contribution >= 0.6 is 0 Å². The topological polar surface area (TPSA) is 49.3 Å². The van der Waals surface area contributed by atoms with Crippen molar-refractivity contribution in [2.75, 3.05) is 0 Å². The zero-order valence-electron chi connectivity index (χ0n) is 10.7. The van der Waals surface area contributed by atoms with E-state index in [1.54, 1.807) is 0 Å². The summed E-state index contributed by atoms with van der Waals surface area (Å²) in [6, 6.07) is 0.0137. The lowest BCUT2D eigenvalue weighted by Gasteiger charge is -2.28. The molecule has 2 fully saturated rings. The van der Waals surface area contributed by atoms with Crippen LogP contribution in [0.5, 0.6) is 0 Å². The summed E-state index contributed by atoms with van der Waals surface area (Å²) in [5.41, 5.74) is 0. The maximum absolute atomic E-state index is 11.8. The lowest BCUT2D eigenvalue weighted by molar-refractivity contribution is -0.123. The van der Waals surface area contributed by atoms with E-state index < -0.39 is 0 Å². The maximum atomic E-state index is 11.8. The molecule has 0 aromatic carbocycles. The summed E-state index contributed by atoms with van der Waals surface area (Å²) in [4.78, 5) is 11.8. The number of aliphatic hydroxyl groups excluding tert-OH is 1. The summed E-state index contributed by atoms with van der Waals surface area (Å²) >= 11 is 0. The van der Waals surface area contributed by atoms with Gasteiger partial charge in [0.15, 0.2) is 0 Å². The van der Waals surface area contributed by atoms with Crippen LogP contribution in [0.4, 0.5) is 0 Å². The molecule has 2 aliphatic carbocycles. The third kappa shape index (κ3) is 3.98. The lowest BCUT2D eigenvalue weighted by Crippen LogP contribution is -2.45. The number of rotatable bonds is 4. The number of carbonyl (C=O) groups excluding carboxylic acids is 1. The summed E-state index contributed by atoms with van der Waals surface area (Å²) in [7, 11) is 0. The molecule has 2 N–H and O–H groups in total. The minimum Gasteiger partial charge on any atom is -0.391 e. The molecule has 0 radical (unpaired) electrons. The van der Waals surface area contributed by atoms with Gasteiger partial charge in [0.05, 0.1) is 12.1 Å². The smallest absolute Gasteiger partial charge is 0.220 e. The molecule has 2 atom stereocenters. The van der Waals surface area contributed by atoms with Crippen molar-refractivity contribution in [1.82, 2.24) is 5.32 Å². The fraction of sp³-hybridized carbons (Fsp3) is 0.929. The van der Waals surface area contributed by atoms with Crippen molar-refractivity contribution in [3.63, 3.8) is 0 Å². The van der Waals surface area contributed by atoms with Gasteiger partial charge in [0, 0.05) is 6.42 Å². The van der Waals surface area contributed by atoms with Crippen LogP contribution in [0.2, 0.25) is 0 Å².